The molecule has 0 aromatic heterocycles. The highest BCUT2D eigenvalue weighted by Crippen LogP contribution is 2.31. The number of piperidine rings is 2. The molecule has 162 valence electrons. The molecule has 2 saturated heterocycles. The number of likely N-dealkylation sites (tertiary alicyclic amines) is 1. The second kappa shape index (κ2) is 8.62. The summed E-state index contributed by atoms with van der Waals surface area (Å²) in [6.07, 6.45) is 5.50. The standard InChI is InChI=1S/C22H30N4O4/c1-15-6-10-24(11-7-15)20-5-4-18(26(29)30)14-19(20)22(28)25-12-8-17(9-13-25)23-21(27)16-2-3-16/h4-5,14-17H,2-3,6-13H2,1H3,(H,23,27). The number of nitrogens with one attached hydrogen (secondary N) is 1. The number of hydrogen-bond donors (Lipinski definition) is 1. The number of nitrogens with zero attached hydrogens (tertiary/aromatic N) is 3. The Bertz CT molecular complexity index is 822. The molecule has 1 N–H and O–H groups in total. The van der Waals surface area contributed by atoms with Crippen LogP contribution < -0.4 is 10.2 Å². The number of non-ortho nitro benzene ring substituents is 1. The molecule has 8 nitrogen and oxygen atoms in total. The molecule has 0 bridgehead atoms. The molecule has 1 aromatic rings. The van der Waals surface area contributed by atoms with Crippen molar-refractivity contribution >= 4 is 23.2 Å². The van der Waals surface area contributed by atoms with E-state index in [9.17, 15) is 19.7 Å². The zero-order valence-electron chi connectivity index (χ0n) is 17.5. The molecule has 3 fully saturated rings. The van der Waals surface area contributed by atoms with Crippen molar-refractivity contribution < 1.29 is 14.5 Å². The molecule has 0 unspecified atom stereocenters. The number of nitro benzene ring substituents is 1. The Morgan fingerprint density at radius 2 is 1.70 bits per heavy atom. The molecule has 2 aliphatic heterocycles. The SMILES string of the molecule is CC1CCN(c2ccc([N+](=O)[O-])cc2C(=O)N2CCC(NC(=O)C3CC3)CC2)CC1. The van der Waals surface area contributed by atoms with E-state index >= 15 is 0 Å². The van der Waals surface area contributed by atoms with E-state index in [0.29, 0.717) is 24.6 Å². The maximum absolute atomic E-state index is 13.3. The van der Waals surface area contributed by atoms with Gasteiger partial charge in [-0.1, -0.05) is 6.92 Å². The highest BCUT2D eigenvalue weighted by Gasteiger charge is 2.33. The second-order valence-electron chi connectivity index (χ2n) is 8.98. The van der Waals surface area contributed by atoms with Crippen LogP contribution in [0.25, 0.3) is 0 Å². The number of benzene rings is 1. The second-order valence-corrected chi connectivity index (χ2v) is 8.98. The fraction of sp³-hybridized carbons (Fsp3) is 0.636. The van der Waals surface area contributed by atoms with Crippen LogP contribution in [0.2, 0.25) is 0 Å². The lowest BCUT2D eigenvalue weighted by Crippen LogP contribution is -2.47. The van der Waals surface area contributed by atoms with Gasteiger partial charge in [0.1, 0.15) is 0 Å². The van der Waals surface area contributed by atoms with E-state index in [1.165, 1.54) is 12.1 Å². The summed E-state index contributed by atoms with van der Waals surface area (Å²) in [6.45, 7) is 5.04. The average molecular weight is 415 g/mol. The van der Waals surface area contributed by atoms with E-state index in [-0.39, 0.29) is 29.5 Å². The van der Waals surface area contributed by atoms with Crippen LogP contribution in [-0.4, -0.2) is 53.9 Å². The minimum Gasteiger partial charge on any atom is -0.371 e. The van der Waals surface area contributed by atoms with Crippen LogP contribution in [-0.2, 0) is 4.79 Å². The van der Waals surface area contributed by atoms with Crippen molar-refractivity contribution in [3.63, 3.8) is 0 Å². The summed E-state index contributed by atoms with van der Waals surface area (Å²) in [6, 6.07) is 4.75. The first-order valence-corrected chi connectivity index (χ1v) is 11.1. The summed E-state index contributed by atoms with van der Waals surface area (Å²) in [7, 11) is 0. The van der Waals surface area contributed by atoms with Crippen LogP contribution in [0.1, 0.15) is 55.8 Å². The van der Waals surface area contributed by atoms with Gasteiger partial charge in [0.15, 0.2) is 0 Å². The van der Waals surface area contributed by atoms with Crippen molar-refractivity contribution in [3.8, 4) is 0 Å². The van der Waals surface area contributed by atoms with Crippen molar-refractivity contribution in [2.45, 2.75) is 51.5 Å². The molecule has 30 heavy (non-hydrogen) atoms. The highest BCUT2D eigenvalue weighted by atomic mass is 16.6. The number of hydrogen-bond acceptors (Lipinski definition) is 5. The maximum atomic E-state index is 13.3. The van der Waals surface area contributed by atoms with Crippen LogP contribution in [0, 0.1) is 22.0 Å². The van der Waals surface area contributed by atoms with Crippen molar-refractivity contribution in [3.05, 3.63) is 33.9 Å². The quantitative estimate of drug-likeness (QED) is 0.590. The summed E-state index contributed by atoms with van der Waals surface area (Å²) in [5.74, 6) is 0.826. The van der Waals surface area contributed by atoms with E-state index < -0.39 is 4.92 Å². The largest absolute Gasteiger partial charge is 0.371 e. The van der Waals surface area contributed by atoms with E-state index in [1.54, 1.807) is 11.0 Å². The van der Waals surface area contributed by atoms with Crippen LogP contribution in [0.3, 0.4) is 0 Å². The Morgan fingerprint density at radius 3 is 2.30 bits per heavy atom. The van der Waals surface area contributed by atoms with Gasteiger partial charge >= 0.3 is 0 Å². The summed E-state index contributed by atoms with van der Waals surface area (Å²) in [4.78, 5) is 40.2. The maximum Gasteiger partial charge on any atom is 0.270 e. The smallest absolute Gasteiger partial charge is 0.270 e. The first kappa shape index (κ1) is 20.6. The molecule has 1 saturated carbocycles. The fourth-order valence-electron chi connectivity index (χ4n) is 4.40. The summed E-state index contributed by atoms with van der Waals surface area (Å²) < 4.78 is 0. The third-order valence-corrected chi connectivity index (χ3v) is 6.62. The first-order valence-electron chi connectivity index (χ1n) is 11.1. The van der Waals surface area contributed by atoms with Crippen LogP contribution in [0.5, 0.6) is 0 Å². The monoisotopic (exact) mass is 414 g/mol. The predicted molar refractivity (Wildman–Crippen MR) is 113 cm³/mol. The van der Waals surface area contributed by atoms with Gasteiger partial charge in [0.25, 0.3) is 11.6 Å². The molecule has 3 aliphatic rings. The Hall–Kier alpha value is -2.64. The topological polar surface area (TPSA) is 95.8 Å². The van der Waals surface area contributed by atoms with Crippen LogP contribution in [0.4, 0.5) is 11.4 Å². The van der Waals surface area contributed by atoms with Gasteiger partial charge < -0.3 is 15.1 Å². The van der Waals surface area contributed by atoms with Gasteiger partial charge in [-0.15, -0.1) is 0 Å². The molecule has 2 amide bonds. The van der Waals surface area contributed by atoms with Crippen molar-refractivity contribution in [2.75, 3.05) is 31.1 Å². The Labute approximate surface area is 176 Å². The number of carbonyl (C=O) groups excluding carboxylic acids is 2. The molecule has 8 heteroatoms. The molecule has 0 atom stereocenters. The molecule has 1 aliphatic carbocycles. The van der Waals surface area contributed by atoms with Crippen LogP contribution >= 0.6 is 0 Å². The van der Waals surface area contributed by atoms with Gasteiger partial charge in [0.2, 0.25) is 5.91 Å². The van der Waals surface area contributed by atoms with Crippen molar-refractivity contribution in [1.82, 2.24) is 10.2 Å². The highest BCUT2D eigenvalue weighted by molar-refractivity contribution is 6.00. The third kappa shape index (κ3) is 4.57. The van der Waals surface area contributed by atoms with E-state index in [4.69, 9.17) is 0 Å². The minimum atomic E-state index is -0.446. The first-order chi connectivity index (χ1) is 14.4. The summed E-state index contributed by atoms with van der Waals surface area (Å²) >= 11 is 0. The van der Waals surface area contributed by atoms with Crippen molar-refractivity contribution in [1.29, 1.82) is 0 Å². The van der Waals surface area contributed by atoms with E-state index in [2.05, 4.69) is 17.1 Å². The Morgan fingerprint density at radius 1 is 1.03 bits per heavy atom. The molecule has 4 rings (SSSR count). The lowest BCUT2D eigenvalue weighted by atomic mass is 9.97. The molecule has 1 aromatic carbocycles. The van der Waals surface area contributed by atoms with Gasteiger partial charge in [-0.3, -0.25) is 19.7 Å². The summed E-state index contributed by atoms with van der Waals surface area (Å²) in [5, 5.41) is 14.4. The van der Waals surface area contributed by atoms with E-state index in [1.807, 2.05) is 0 Å². The Kier molecular flexibility index (Phi) is 5.92. The van der Waals surface area contributed by atoms with Crippen LogP contribution in [0.15, 0.2) is 18.2 Å². The number of amides is 2. The molecule has 2 heterocycles. The predicted octanol–water partition coefficient (Wildman–Crippen LogP) is 2.96. The number of rotatable bonds is 5. The fourth-order valence-corrected chi connectivity index (χ4v) is 4.40. The van der Waals surface area contributed by atoms with Crippen molar-refractivity contribution in [2.24, 2.45) is 11.8 Å². The van der Waals surface area contributed by atoms with Gasteiger partial charge in [-0.2, -0.15) is 0 Å². The van der Waals surface area contributed by atoms with Gasteiger partial charge in [-0.25, -0.2) is 0 Å². The number of nitro groups is 1. The summed E-state index contributed by atoms with van der Waals surface area (Å²) in [5.41, 5.74) is 1.15. The van der Waals surface area contributed by atoms with Gasteiger partial charge in [0, 0.05) is 50.3 Å². The van der Waals surface area contributed by atoms with Gasteiger partial charge in [-0.05, 0) is 50.5 Å². The average Bonchev–Trinajstić information content (AvgIpc) is 3.59. The molecule has 0 spiro atoms. The molecular formula is C22H30N4O4. The van der Waals surface area contributed by atoms with E-state index in [0.717, 1.165) is 57.3 Å². The lowest BCUT2D eigenvalue weighted by molar-refractivity contribution is -0.384. The number of carbonyl (C=O) groups is 2. The Balaban J connectivity index is 1.47. The lowest BCUT2D eigenvalue weighted by Gasteiger charge is -2.35. The number of anilines is 1. The molecule has 0 radical (unpaired) electrons. The zero-order valence-corrected chi connectivity index (χ0v) is 17.5. The normalized spacial score (nSPS) is 20.8. The van der Waals surface area contributed by atoms with Gasteiger partial charge in [0.05, 0.1) is 16.2 Å². The third-order valence-electron chi connectivity index (χ3n) is 6.62. The minimum absolute atomic E-state index is 0.0564. The zero-order chi connectivity index (χ0) is 21.3. The molecular weight excluding hydrogens is 384 g/mol.